The van der Waals surface area contributed by atoms with Crippen molar-refractivity contribution in [2.75, 3.05) is 19.7 Å². The number of rotatable bonds is 2. The van der Waals surface area contributed by atoms with Crippen LogP contribution in [0.4, 0.5) is 0 Å². The quantitative estimate of drug-likeness (QED) is 0.813. The van der Waals surface area contributed by atoms with E-state index in [1.165, 1.54) is 6.07 Å². The minimum atomic E-state index is -0.226. The summed E-state index contributed by atoms with van der Waals surface area (Å²) < 4.78 is 10.7. The predicted octanol–water partition coefficient (Wildman–Crippen LogP) is 0.394. The number of ether oxygens (including phenoxy) is 1. The third-order valence-corrected chi connectivity index (χ3v) is 2.94. The lowest BCUT2D eigenvalue weighted by Gasteiger charge is -2.20. The van der Waals surface area contributed by atoms with Gasteiger partial charge in [0.1, 0.15) is 11.7 Å². The summed E-state index contributed by atoms with van der Waals surface area (Å²) in [6.07, 6.45) is 1.35. The second-order valence-electron chi connectivity index (χ2n) is 4.42. The Hall–Kier alpha value is -1.99. The van der Waals surface area contributed by atoms with Crippen LogP contribution in [0.5, 0.6) is 0 Å². The van der Waals surface area contributed by atoms with Gasteiger partial charge in [-0.3, -0.25) is 4.79 Å². The molecule has 3 heterocycles. The number of H-pyrrole nitrogens is 1. The molecule has 1 saturated heterocycles. The van der Waals surface area contributed by atoms with Crippen LogP contribution in [-0.2, 0) is 4.74 Å². The minimum Gasteiger partial charge on any atom is -0.367 e. The van der Waals surface area contributed by atoms with E-state index in [4.69, 9.17) is 9.26 Å². The van der Waals surface area contributed by atoms with Gasteiger partial charge in [-0.1, -0.05) is 5.16 Å². The molecule has 3 rings (SSSR count). The second kappa shape index (κ2) is 4.94. The summed E-state index contributed by atoms with van der Waals surface area (Å²) in [7, 11) is 0. The number of nitrogens with one attached hydrogen (secondary N) is 2. The summed E-state index contributed by atoms with van der Waals surface area (Å²) in [5, 5.41) is 7.06. The molecule has 2 N–H and O–H groups in total. The van der Waals surface area contributed by atoms with E-state index in [-0.39, 0.29) is 17.4 Å². The van der Waals surface area contributed by atoms with Crippen LogP contribution < -0.4 is 10.7 Å². The van der Waals surface area contributed by atoms with Gasteiger partial charge in [0.15, 0.2) is 5.43 Å². The molecule has 0 bridgehead atoms. The summed E-state index contributed by atoms with van der Waals surface area (Å²) in [4.78, 5) is 19.0. The highest BCUT2D eigenvalue weighted by Crippen LogP contribution is 2.19. The maximum atomic E-state index is 11.8. The number of aromatic nitrogens is 3. The second-order valence-corrected chi connectivity index (χ2v) is 4.42. The molecule has 1 fully saturated rings. The molecule has 0 spiro atoms. The summed E-state index contributed by atoms with van der Waals surface area (Å²) in [6.45, 7) is 3.88. The van der Waals surface area contributed by atoms with E-state index in [1.807, 2.05) is 6.92 Å². The molecular formula is C12H14N4O3. The topological polar surface area (TPSA) is 93.0 Å². The molecule has 1 aliphatic rings. The van der Waals surface area contributed by atoms with Gasteiger partial charge in [-0.05, 0) is 6.92 Å². The molecule has 1 atom stereocenters. The highest BCUT2D eigenvalue weighted by atomic mass is 16.5. The molecule has 0 aromatic carbocycles. The molecule has 7 nitrogen and oxygen atoms in total. The third kappa shape index (κ3) is 2.42. The van der Waals surface area contributed by atoms with Crippen molar-refractivity contribution in [3.05, 3.63) is 34.0 Å². The van der Waals surface area contributed by atoms with Crippen LogP contribution in [0.2, 0.25) is 0 Å². The van der Waals surface area contributed by atoms with Crippen molar-refractivity contribution >= 4 is 0 Å². The van der Waals surface area contributed by atoms with Gasteiger partial charge in [-0.15, -0.1) is 0 Å². The Morgan fingerprint density at radius 2 is 2.37 bits per heavy atom. The molecule has 7 heteroatoms. The number of pyridine rings is 1. The Bertz CT molecular complexity index is 628. The minimum absolute atomic E-state index is 0.144. The number of aryl methyl sites for hydroxylation is 1. The fourth-order valence-corrected chi connectivity index (χ4v) is 1.95. The van der Waals surface area contributed by atoms with Gasteiger partial charge in [0.2, 0.25) is 5.82 Å². The van der Waals surface area contributed by atoms with E-state index in [1.54, 1.807) is 6.20 Å². The molecule has 1 aliphatic heterocycles. The molecule has 0 saturated carbocycles. The lowest BCUT2D eigenvalue weighted by atomic mass is 10.2. The van der Waals surface area contributed by atoms with Crippen molar-refractivity contribution in [3.63, 3.8) is 0 Å². The predicted molar refractivity (Wildman–Crippen MR) is 66.7 cm³/mol. The monoisotopic (exact) mass is 262 g/mol. The highest BCUT2D eigenvalue weighted by molar-refractivity contribution is 5.50. The number of hydrogen-bond acceptors (Lipinski definition) is 6. The summed E-state index contributed by atoms with van der Waals surface area (Å²) >= 11 is 0. The molecule has 2 aromatic rings. The fourth-order valence-electron chi connectivity index (χ4n) is 1.95. The average molecular weight is 262 g/mol. The standard InChI is InChI=1S/C12H14N4O3/c1-7-4-9(17)8(5-14-7)12-15-11(16-19-12)10-6-13-2-3-18-10/h4-5,10,13H,2-3,6H2,1H3,(H,14,17). The van der Waals surface area contributed by atoms with Gasteiger partial charge in [0, 0.05) is 31.0 Å². The summed E-state index contributed by atoms with van der Waals surface area (Å²) in [6, 6.07) is 1.50. The Morgan fingerprint density at radius 3 is 3.11 bits per heavy atom. The first-order valence-electron chi connectivity index (χ1n) is 6.09. The third-order valence-electron chi connectivity index (χ3n) is 2.94. The van der Waals surface area contributed by atoms with Crippen LogP contribution in [0.25, 0.3) is 11.5 Å². The SMILES string of the molecule is Cc1cc(=O)c(-c2nc(C3CNCCO3)no2)c[nH]1. The molecule has 0 aliphatic carbocycles. The van der Waals surface area contributed by atoms with Gasteiger partial charge in [-0.2, -0.15) is 4.98 Å². The molecule has 19 heavy (non-hydrogen) atoms. The van der Waals surface area contributed by atoms with Crippen molar-refractivity contribution in [1.29, 1.82) is 0 Å². The van der Waals surface area contributed by atoms with Crippen molar-refractivity contribution in [2.45, 2.75) is 13.0 Å². The van der Waals surface area contributed by atoms with E-state index in [2.05, 4.69) is 20.4 Å². The van der Waals surface area contributed by atoms with Crippen molar-refractivity contribution < 1.29 is 9.26 Å². The maximum Gasteiger partial charge on any atom is 0.263 e. The Kier molecular flexibility index (Phi) is 3.14. The molecular weight excluding hydrogens is 248 g/mol. The zero-order valence-corrected chi connectivity index (χ0v) is 10.5. The first-order valence-corrected chi connectivity index (χ1v) is 6.09. The van der Waals surface area contributed by atoms with Gasteiger partial charge in [0.25, 0.3) is 5.89 Å². The summed E-state index contributed by atoms with van der Waals surface area (Å²) in [5.41, 5.74) is 1.01. The maximum absolute atomic E-state index is 11.8. The lowest BCUT2D eigenvalue weighted by molar-refractivity contribution is 0.0208. The zero-order chi connectivity index (χ0) is 13.2. The van der Waals surface area contributed by atoms with E-state index in [9.17, 15) is 4.79 Å². The Balaban J connectivity index is 1.90. The first kappa shape index (κ1) is 12.1. The van der Waals surface area contributed by atoms with Crippen molar-refractivity contribution in [2.24, 2.45) is 0 Å². The first-order chi connectivity index (χ1) is 9.24. The van der Waals surface area contributed by atoms with Crippen LogP contribution in [0.1, 0.15) is 17.6 Å². The van der Waals surface area contributed by atoms with Crippen LogP contribution in [0.3, 0.4) is 0 Å². The van der Waals surface area contributed by atoms with E-state index < -0.39 is 0 Å². The smallest absolute Gasteiger partial charge is 0.263 e. The highest BCUT2D eigenvalue weighted by Gasteiger charge is 2.22. The van der Waals surface area contributed by atoms with Gasteiger partial charge in [0.05, 0.1) is 6.61 Å². The van der Waals surface area contributed by atoms with E-state index in [0.717, 1.165) is 12.2 Å². The van der Waals surface area contributed by atoms with Crippen LogP contribution in [-0.4, -0.2) is 34.8 Å². The largest absolute Gasteiger partial charge is 0.367 e. The number of nitrogens with zero attached hydrogens (tertiary/aromatic N) is 2. The molecule has 0 amide bonds. The Labute approximate surface area is 109 Å². The number of morpholine rings is 1. The van der Waals surface area contributed by atoms with Crippen molar-refractivity contribution in [3.8, 4) is 11.5 Å². The van der Waals surface area contributed by atoms with E-state index >= 15 is 0 Å². The number of aromatic amines is 1. The summed E-state index contributed by atoms with van der Waals surface area (Å²) in [5.74, 6) is 0.674. The Morgan fingerprint density at radius 1 is 1.47 bits per heavy atom. The lowest BCUT2D eigenvalue weighted by Crippen LogP contribution is -2.33. The van der Waals surface area contributed by atoms with Crippen molar-refractivity contribution in [1.82, 2.24) is 20.4 Å². The zero-order valence-electron chi connectivity index (χ0n) is 10.5. The molecule has 1 unspecified atom stereocenters. The van der Waals surface area contributed by atoms with Crippen LogP contribution in [0.15, 0.2) is 21.6 Å². The number of hydrogen-bond donors (Lipinski definition) is 2. The van der Waals surface area contributed by atoms with Crippen LogP contribution in [0, 0.1) is 6.92 Å². The molecule has 100 valence electrons. The fraction of sp³-hybridized carbons (Fsp3) is 0.417. The van der Waals surface area contributed by atoms with E-state index in [0.29, 0.717) is 24.5 Å². The van der Waals surface area contributed by atoms with Gasteiger partial charge < -0.3 is 19.6 Å². The normalized spacial score (nSPS) is 19.5. The average Bonchev–Trinajstić information content (AvgIpc) is 2.89. The van der Waals surface area contributed by atoms with Gasteiger partial charge in [-0.25, -0.2) is 0 Å². The molecule has 2 aromatic heterocycles. The van der Waals surface area contributed by atoms with Gasteiger partial charge >= 0.3 is 0 Å². The molecule has 0 radical (unpaired) electrons. The van der Waals surface area contributed by atoms with Crippen LogP contribution >= 0.6 is 0 Å².